The van der Waals surface area contributed by atoms with Gasteiger partial charge in [0.1, 0.15) is 11.5 Å². The van der Waals surface area contributed by atoms with E-state index >= 15 is 0 Å². The Balaban J connectivity index is 1.06. The molecule has 3 heteroatoms. The summed E-state index contributed by atoms with van der Waals surface area (Å²) in [6.45, 7) is 0. The molecule has 0 N–H and O–H groups in total. The van der Waals surface area contributed by atoms with Gasteiger partial charge in [0, 0.05) is 50.5 Å². The number of anilines is 3. The molecule has 2 heterocycles. The van der Waals surface area contributed by atoms with Crippen molar-refractivity contribution in [2.24, 2.45) is 0 Å². The van der Waals surface area contributed by atoms with E-state index < -0.39 is 0 Å². The molecule has 3 nitrogen and oxygen atoms in total. The molecule has 0 saturated carbocycles. The molecule has 0 amide bonds. The number of fused-ring (bicyclic) bond motifs is 5. The number of hydrogen-bond donors (Lipinski definition) is 0. The highest BCUT2D eigenvalue weighted by atomic mass is 16.5. The van der Waals surface area contributed by atoms with E-state index in [1.165, 1.54) is 55.0 Å². The molecule has 230 valence electrons. The van der Waals surface area contributed by atoms with Crippen LogP contribution in [0.3, 0.4) is 0 Å². The molecule has 49 heavy (non-hydrogen) atoms. The number of rotatable bonds is 5. The largest absolute Gasteiger partial charge is 0.456 e. The minimum atomic E-state index is 0.865. The van der Waals surface area contributed by atoms with Gasteiger partial charge < -0.3 is 14.2 Å². The Labute approximate surface area is 284 Å². The molecule has 0 bridgehead atoms. The van der Waals surface area contributed by atoms with Crippen LogP contribution >= 0.6 is 0 Å². The van der Waals surface area contributed by atoms with Crippen LogP contribution in [0.15, 0.2) is 182 Å². The van der Waals surface area contributed by atoms with E-state index in [2.05, 4.69) is 191 Å². The smallest absolute Gasteiger partial charge is 0.137 e. The second-order valence-electron chi connectivity index (χ2n) is 12.6. The third-order valence-corrected chi connectivity index (χ3v) is 9.76. The maximum Gasteiger partial charge on any atom is 0.137 e. The molecule has 1 aliphatic rings. The summed E-state index contributed by atoms with van der Waals surface area (Å²) in [5.74, 6) is 1.77. The molecule has 1 aliphatic heterocycles. The zero-order valence-corrected chi connectivity index (χ0v) is 26.6. The van der Waals surface area contributed by atoms with Crippen LogP contribution in [-0.4, -0.2) is 4.57 Å². The molecule has 9 aromatic rings. The molecular formula is C46H30N2O. The zero-order chi connectivity index (χ0) is 32.3. The van der Waals surface area contributed by atoms with Crippen molar-refractivity contribution in [1.82, 2.24) is 4.57 Å². The van der Waals surface area contributed by atoms with Gasteiger partial charge in [-0.15, -0.1) is 0 Å². The Bertz CT molecular complexity index is 2670. The number of ether oxygens (including phenoxy) is 1. The van der Waals surface area contributed by atoms with Gasteiger partial charge in [-0.1, -0.05) is 103 Å². The summed E-state index contributed by atoms with van der Waals surface area (Å²) < 4.78 is 8.91. The fourth-order valence-electron chi connectivity index (χ4n) is 7.53. The average molecular weight is 627 g/mol. The van der Waals surface area contributed by atoms with Gasteiger partial charge >= 0.3 is 0 Å². The number of para-hydroxylation sites is 3. The van der Waals surface area contributed by atoms with Gasteiger partial charge in [-0.2, -0.15) is 0 Å². The lowest BCUT2D eigenvalue weighted by molar-refractivity contribution is 0.487. The lowest BCUT2D eigenvalue weighted by atomic mass is 9.94. The summed E-state index contributed by atoms with van der Waals surface area (Å²) in [6.07, 6.45) is 0. The van der Waals surface area contributed by atoms with Crippen molar-refractivity contribution in [2.75, 3.05) is 4.90 Å². The fraction of sp³-hybridized carbons (Fsp3) is 0. The highest BCUT2D eigenvalue weighted by Gasteiger charge is 2.22. The Kier molecular flexibility index (Phi) is 6.18. The van der Waals surface area contributed by atoms with E-state index in [0.717, 1.165) is 34.1 Å². The quantitative estimate of drug-likeness (QED) is 0.189. The number of aromatic nitrogens is 1. The highest BCUT2D eigenvalue weighted by Crippen LogP contribution is 2.49. The predicted molar refractivity (Wildman–Crippen MR) is 204 cm³/mol. The lowest BCUT2D eigenvalue weighted by Gasteiger charge is -2.28. The highest BCUT2D eigenvalue weighted by molar-refractivity contribution is 6.10. The summed E-state index contributed by atoms with van der Waals surface area (Å²) in [7, 11) is 0. The van der Waals surface area contributed by atoms with E-state index in [1.807, 2.05) is 0 Å². The van der Waals surface area contributed by atoms with Crippen molar-refractivity contribution < 1.29 is 4.74 Å². The first-order valence-electron chi connectivity index (χ1n) is 16.7. The van der Waals surface area contributed by atoms with E-state index in [1.54, 1.807) is 0 Å². The average Bonchev–Trinajstić information content (AvgIpc) is 3.50. The summed E-state index contributed by atoms with van der Waals surface area (Å²) in [5, 5.41) is 4.86. The van der Waals surface area contributed by atoms with Crippen molar-refractivity contribution in [3.05, 3.63) is 182 Å². The van der Waals surface area contributed by atoms with Crippen LogP contribution in [0.25, 0.3) is 60.5 Å². The molecule has 0 radical (unpaired) electrons. The van der Waals surface area contributed by atoms with Crippen molar-refractivity contribution in [3.8, 4) is 39.4 Å². The van der Waals surface area contributed by atoms with Gasteiger partial charge in [0.15, 0.2) is 0 Å². The maximum atomic E-state index is 6.56. The molecule has 0 spiro atoms. The van der Waals surface area contributed by atoms with Crippen molar-refractivity contribution in [2.45, 2.75) is 0 Å². The van der Waals surface area contributed by atoms with Gasteiger partial charge in [0.2, 0.25) is 0 Å². The monoisotopic (exact) mass is 626 g/mol. The lowest BCUT2D eigenvalue weighted by Crippen LogP contribution is -2.10. The molecule has 8 aromatic carbocycles. The predicted octanol–water partition coefficient (Wildman–Crippen LogP) is 12.8. The normalized spacial score (nSPS) is 11.8. The van der Waals surface area contributed by atoms with Crippen molar-refractivity contribution in [3.63, 3.8) is 0 Å². The van der Waals surface area contributed by atoms with Crippen LogP contribution in [0.5, 0.6) is 11.5 Å². The molecule has 1 aromatic heterocycles. The van der Waals surface area contributed by atoms with E-state index in [-0.39, 0.29) is 0 Å². The number of hydrogen-bond acceptors (Lipinski definition) is 2. The SMILES string of the molecule is c1ccc(N(c2ccc(-c3ccc4c(c3)c3ccccc3n4-c3ccccc3)cc2)c2ccc3c(c2)Oc2cccc4cccc-3c24)cc1. The van der Waals surface area contributed by atoms with E-state index in [0.29, 0.717) is 0 Å². The molecule has 0 atom stereocenters. The van der Waals surface area contributed by atoms with Crippen molar-refractivity contribution >= 4 is 49.6 Å². The first-order chi connectivity index (χ1) is 24.3. The molecule has 0 aliphatic carbocycles. The van der Waals surface area contributed by atoms with Crippen LogP contribution in [-0.2, 0) is 0 Å². The molecule has 0 unspecified atom stereocenters. The minimum absolute atomic E-state index is 0.865. The Hall–Kier alpha value is -6.58. The summed E-state index contributed by atoms with van der Waals surface area (Å²) in [5.41, 5.74) is 11.5. The topological polar surface area (TPSA) is 17.4 Å². The van der Waals surface area contributed by atoms with Crippen molar-refractivity contribution in [1.29, 1.82) is 0 Å². The second kappa shape index (κ2) is 11.0. The fourth-order valence-corrected chi connectivity index (χ4v) is 7.53. The summed E-state index contributed by atoms with van der Waals surface area (Å²) in [4.78, 5) is 2.30. The van der Waals surface area contributed by atoms with Gasteiger partial charge in [-0.25, -0.2) is 0 Å². The van der Waals surface area contributed by atoms with Gasteiger partial charge in [0.25, 0.3) is 0 Å². The molecule has 0 fully saturated rings. The van der Waals surface area contributed by atoms with Crippen LogP contribution < -0.4 is 9.64 Å². The third kappa shape index (κ3) is 4.44. The minimum Gasteiger partial charge on any atom is -0.456 e. The number of benzene rings is 8. The first kappa shape index (κ1) is 27.5. The van der Waals surface area contributed by atoms with Crippen LogP contribution in [0.4, 0.5) is 17.1 Å². The van der Waals surface area contributed by atoms with Crippen LogP contribution in [0, 0.1) is 0 Å². The Morgan fingerprint density at radius 2 is 1.08 bits per heavy atom. The Morgan fingerprint density at radius 3 is 1.92 bits per heavy atom. The molecular weight excluding hydrogens is 597 g/mol. The van der Waals surface area contributed by atoms with Gasteiger partial charge in [-0.3, -0.25) is 0 Å². The van der Waals surface area contributed by atoms with E-state index in [4.69, 9.17) is 4.74 Å². The standard InChI is InChI=1S/C46H30N2O/c1-3-13-34(14-4-1)47(37-26-27-39-40-18-9-11-32-12-10-20-44(46(32)40)49-45(39)30-37)36-24-21-31(22-25-36)33-23-28-43-41(29-33)38-17-7-8-19-42(38)48(43)35-15-5-2-6-16-35/h1-30H. The van der Waals surface area contributed by atoms with Gasteiger partial charge in [-0.05, 0) is 94.9 Å². The third-order valence-electron chi connectivity index (χ3n) is 9.76. The second-order valence-corrected chi connectivity index (χ2v) is 12.6. The maximum absolute atomic E-state index is 6.56. The first-order valence-corrected chi connectivity index (χ1v) is 16.7. The Morgan fingerprint density at radius 1 is 0.408 bits per heavy atom. The summed E-state index contributed by atoms with van der Waals surface area (Å²) in [6, 6.07) is 64.9. The molecule has 0 saturated heterocycles. The number of nitrogens with zero attached hydrogens (tertiary/aromatic N) is 2. The molecule has 10 rings (SSSR count). The van der Waals surface area contributed by atoms with Crippen LogP contribution in [0.2, 0.25) is 0 Å². The van der Waals surface area contributed by atoms with E-state index in [9.17, 15) is 0 Å². The van der Waals surface area contributed by atoms with Gasteiger partial charge in [0.05, 0.1) is 11.0 Å². The summed E-state index contributed by atoms with van der Waals surface area (Å²) >= 11 is 0. The zero-order valence-electron chi connectivity index (χ0n) is 26.6. The van der Waals surface area contributed by atoms with Crippen LogP contribution in [0.1, 0.15) is 0 Å².